The normalized spacial score (nSPS) is 10.4. The molecule has 0 bridgehead atoms. The van der Waals surface area contributed by atoms with Gasteiger partial charge in [0.25, 0.3) is 0 Å². The highest BCUT2D eigenvalue weighted by Crippen LogP contribution is 2.45. The van der Waals surface area contributed by atoms with Crippen LogP contribution in [0, 0.1) is 0 Å². The zero-order valence-corrected chi connectivity index (χ0v) is 13.2. The first-order valence-corrected chi connectivity index (χ1v) is 7.03. The van der Waals surface area contributed by atoms with E-state index in [9.17, 15) is 4.79 Å². The summed E-state index contributed by atoms with van der Waals surface area (Å²) in [6.45, 7) is 1.28. The highest BCUT2D eigenvalue weighted by Gasteiger charge is 2.19. The van der Waals surface area contributed by atoms with Gasteiger partial charge in [0.2, 0.25) is 0 Å². The van der Waals surface area contributed by atoms with Crippen LogP contribution in [0.2, 0.25) is 20.1 Å². The molecule has 0 radical (unpaired) electrons. The van der Waals surface area contributed by atoms with Crippen LogP contribution in [0.5, 0.6) is 5.75 Å². The van der Waals surface area contributed by atoms with Crippen molar-refractivity contribution < 1.29 is 9.53 Å². The standard InChI is InChI=1S/C14H8Cl4O2/c1-7(19)20-11-6-5-10(17)13(14(11)18)12-8(15)3-2-4-9(12)16/h2-6H,1H3. The minimum Gasteiger partial charge on any atom is -0.425 e. The number of benzene rings is 2. The van der Waals surface area contributed by atoms with Gasteiger partial charge in [0, 0.05) is 28.1 Å². The van der Waals surface area contributed by atoms with Crippen molar-refractivity contribution >= 4 is 52.4 Å². The van der Waals surface area contributed by atoms with Gasteiger partial charge in [-0.3, -0.25) is 4.79 Å². The third-order valence-electron chi connectivity index (χ3n) is 2.52. The minimum absolute atomic E-state index is 0.183. The Hall–Kier alpha value is -0.930. The molecule has 2 nitrogen and oxygen atoms in total. The van der Waals surface area contributed by atoms with Gasteiger partial charge in [-0.25, -0.2) is 0 Å². The monoisotopic (exact) mass is 348 g/mol. The Morgan fingerprint density at radius 2 is 1.45 bits per heavy atom. The number of ether oxygens (including phenoxy) is 1. The van der Waals surface area contributed by atoms with Crippen LogP contribution in [0.3, 0.4) is 0 Å². The molecule has 0 spiro atoms. The number of carbonyl (C=O) groups excluding carboxylic acids is 1. The first-order chi connectivity index (χ1) is 9.41. The predicted octanol–water partition coefficient (Wildman–Crippen LogP) is 5.89. The van der Waals surface area contributed by atoms with E-state index in [2.05, 4.69) is 0 Å². The molecule has 0 atom stereocenters. The van der Waals surface area contributed by atoms with Gasteiger partial charge in [0.05, 0.1) is 10.0 Å². The number of esters is 1. The lowest BCUT2D eigenvalue weighted by atomic mass is 10.0. The summed E-state index contributed by atoms with van der Waals surface area (Å²) in [5.74, 6) is -0.278. The van der Waals surface area contributed by atoms with Gasteiger partial charge >= 0.3 is 5.97 Å². The molecule has 0 aromatic heterocycles. The van der Waals surface area contributed by atoms with E-state index in [1.807, 2.05) is 0 Å². The SMILES string of the molecule is CC(=O)Oc1ccc(Cl)c(-c2c(Cl)cccc2Cl)c1Cl. The second kappa shape index (κ2) is 6.23. The summed E-state index contributed by atoms with van der Waals surface area (Å²) in [6.07, 6.45) is 0. The Balaban J connectivity index is 2.70. The van der Waals surface area contributed by atoms with E-state index >= 15 is 0 Å². The maximum atomic E-state index is 11.1. The summed E-state index contributed by atoms with van der Waals surface area (Å²) in [4.78, 5) is 11.1. The Morgan fingerprint density at radius 1 is 0.900 bits per heavy atom. The van der Waals surface area contributed by atoms with Gasteiger partial charge in [0.1, 0.15) is 5.75 Å². The highest BCUT2D eigenvalue weighted by molar-refractivity contribution is 6.44. The van der Waals surface area contributed by atoms with Crippen molar-refractivity contribution in [3.8, 4) is 16.9 Å². The molecular formula is C14H8Cl4O2. The molecule has 0 amide bonds. The molecular weight excluding hydrogens is 342 g/mol. The quantitative estimate of drug-likeness (QED) is 0.499. The van der Waals surface area contributed by atoms with Crippen LogP contribution < -0.4 is 4.74 Å². The molecule has 6 heteroatoms. The van der Waals surface area contributed by atoms with Crippen LogP contribution in [-0.4, -0.2) is 5.97 Å². The Morgan fingerprint density at radius 3 is 2.00 bits per heavy atom. The molecule has 0 unspecified atom stereocenters. The molecule has 2 aromatic rings. The van der Waals surface area contributed by atoms with Crippen molar-refractivity contribution in [3.05, 3.63) is 50.4 Å². The van der Waals surface area contributed by atoms with Crippen LogP contribution in [0.15, 0.2) is 30.3 Å². The molecule has 0 N–H and O–H groups in total. The Labute approximate surface area is 136 Å². The zero-order valence-electron chi connectivity index (χ0n) is 10.2. The topological polar surface area (TPSA) is 26.3 Å². The lowest BCUT2D eigenvalue weighted by Crippen LogP contribution is -2.02. The Kier molecular flexibility index (Phi) is 4.82. The number of carbonyl (C=O) groups is 1. The zero-order chi connectivity index (χ0) is 14.9. The van der Waals surface area contributed by atoms with E-state index in [-0.39, 0.29) is 10.8 Å². The van der Waals surface area contributed by atoms with Gasteiger partial charge < -0.3 is 4.74 Å². The maximum absolute atomic E-state index is 11.1. The summed E-state index contributed by atoms with van der Waals surface area (Å²) in [7, 11) is 0. The van der Waals surface area contributed by atoms with Crippen LogP contribution in [0.25, 0.3) is 11.1 Å². The van der Waals surface area contributed by atoms with E-state index in [1.54, 1.807) is 24.3 Å². The second-order valence-corrected chi connectivity index (χ2v) is 5.52. The maximum Gasteiger partial charge on any atom is 0.308 e. The molecule has 0 aliphatic rings. The number of hydrogen-bond donors (Lipinski definition) is 0. The summed E-state index contributed by atoms with van der Waals surface area (Å²) in [5.41, 5.74) is 0.933. The average Bonchev–Trinajstić information content (AvgIpc) is 2.36. The number of hydrogen-bond acceptors (Lipinski definition) is 2. The minimum atomic E-state index is -0.481. The lowest BCUT2D eigenvalue weighted by molar-refractivity contribution is -0.131. The fourth-order valence-electron chi connectivity index (χ4n) is 1.73. The summed E-state index contributed by atoms with van der Waals surface area (Å²) < 4.78 is 5.03. The summed E-state index contributed by atoms with van der Waals surface area (Å²) >= 11 is 24.7. The first kappa shape index (κ1) is 15.5. The van der Waals surface area contributed by atoms with E-state index in [1.165, 1.54) is 13.0 Å². The van der Waals surface area contributed by atoms with Gasteiger partial charge in [-0.2, -0.15) is 0 Å². The third kappa shape index (κ3) is 3.04. The van der Waals surface area contributed by atoms with Gasteiger partial charge in [0.15, 0.2) is 0 Å². The van der Waals surface area contributed by atoms with Crippen LogP contribution in [0.1, 0.15) is 6.92 Å². The number of halogens is 4. The highest BCUT2D eigenvalue weighted by atomic mass is 35.5. The van der Waals surface area contributed by atoms with Crippen molar-refractivity contribution in [2.75, 3.05) is 0 Å². The van der Waals surface area contributed by atoms with Gasteiger partial charge in [-0.1, -0.05) is 52.5 Å². The smallest absolute Gasteiger partial charge is 0.308 e. The van der Waals surface area contributed by atoms with Crippen molar-refractivity contribution in [1.29, 1.82) is 0 Å². The molecule has 0 aliphatic carbocycles. The van der Waals surface area contributed by atoms with Crippen molar-refractivity contribution in [2.45, 2.75) is 6.92 Å². The lowest BCUT2D eigenvalue weighted by Gasteiger charge is -2.13. The largest absolute Gasteiger partial charge is 0.425 e. The van der Waals surface area contributed by atoms with Crippen LogP contribution >= 0.6 is 46.4 Å². The molecule has 0 saturated heterocycles. The molecule has 0 heterocycles. The average molecular weight is 350 g/mol. The second-order valence-electron chi connectivity index (χ2n) is 3.92. The van der Waals surface area contributed by atoms with E-state index in [0.29, 0.717) is 26.2 Å². The molecule has 2 rings (SSSR count). The summed E-state index contributed by atoms with van der Waals surface area (Å²) in [6, 6.07) is 8.15. The first-order valence-electron chi connectivity index (χ1n) is 5.52. The number of rotatable bonds is 2. The Bertz CT molecular complexity index is 663. The molecule has 2 aromatic carbocycles. The van der Waals surface area contributed by atoms with Gasteiger partial charge in [-0.15, -0.1) is 0 Å². The molecule has 0 aliphatic heterocycles. The molecule has 0 saturated carbocycles. The van der Waals surface area contributed by atoms with E-state index in [0.717, 1.165) is 0 Å². The van der Waals surface area contributed by atoms with E-state index < -0.39 is 5.97 Å². The fourth-order valence-corrected chi connectivity index (χ4v) is 2.92. The fraction of sp³-hybridized carbons (Fsp3) is 0.0714. The third-order valence-corrected chi connectivity index (χ3v) is 3.84. The van der Waals surface area contributed by atoms with Gasteiger partial charge in [-0.05, 0) is 24.3 Å². The summed E-state index contributed by atoms with van der Waals surface area (Å²) in [5, 5.41) is 1.35. The molecule has 104 valence electrons. The van der Waals surface area contributed by atoms with Crippen molar-refractivity contribution in [2.24, 2.45) is 0 Å². The molecule has 0 fully saturated rings. The van der Waals surface area contributed by atoms with Crippen molar-refractivity contribution in [1.82, 2.24) is 0 Å². The van der Waals surface area contributed by atoms with Crippen LogP contribution in [-0.2, 0) is 4.79 Å². The van der Waals surface area contributed by atoms with E-state index in [4.69, 9.17) is 51.1 Å². The molecule has 20 heavy (non-hydrogen) atoms. The van der Waals surface area contributed by atoms with Crippen molar-refractivity contribution in [3.63, 3.8) is 0 Å². The predicted molar refractivity (Wildman–Crippen MR) is 83.2 cm³/mol. The van der Waals surface area contributed by atoms with Crippen LogP contribution in [0.4, 0.5) is 0 Å².